The molecule has 188 valence electrons. The zero-order valence-corrected chi connectivity index (χ0v) is 21.0. The first kappa shape index (κ1) is 26.4. The maximum atomic E-state index is 14.9. The fourth-order valence-electron chi connectivity index (χ4n) is 4.06. The number of ketones is 1. The third-order valence-electron chi connectivity index (χ3n) is 5.75. The average Bonchev–Trinajstić information content (AvgIpc) is 3.05. The molecule has 1 atom stereocenters. The number of hydrogen-bond acceptors (Lipinski definition) is 5. The predicted octanol–water partition coefficient (Wildman–Crippen LogP) is 5.41. The normalized spacial score (nSPS) is 17.6. The predicted molar refractivity (Wildman–Crippen MR) is 133 cm³/mol. The van der Waals surface area contributed by atoms with Crippen LogP contribution in [0.3, 0.4) is 0 Å². The number of likely N-dealkylation sites (tertiary alicyclic amines) is 1. The molecule has 1 amide bonds. The smallest absolute Gasteiger partial charge is 0.295 e. The van der Waals surface area contributed by atoms with Gasteiger partial charge in [0.1, 0.15) is 17.3 Å². The average molecular weight is 484 g/mol. The zero-order valence-electron chi connectivity index (χ0n) is 21.0. The van der Waals surface area contributed by atoms with Crippen molar-refractivity contribution < 1.29 is 28.6 Å². The van der Waals surface area contributed by atoms with Gasteiger partial charge < -0.3 is 19.5 Å². The Kier molecular flexibility index (Phi) is 8.67. The summed E-state index contributed by atoms with van der Waals surface area (Å²) in [6.45, 7) is 10.9. The van der Waals surface area contributed by atoms with Gasteiger partial charge in [0.15, 0.2) is 0 Å². The third-order valence-corrected chi connectivity index (χ3v) is 5.75. The Morgan fingerprint density at radius 1 is 1.11 bits per heavy atom. The molecule has 1 fully saturated rings. The molecule has 0 spiro atoms. The van der Waals surface area contributed by atoms with Crippen LogP contribution in [0.5, 0.6) is 5.75 Å². The van der Waals surface area contributed by atoms with Crippen LogP contribution in [0.4, 0.5) is 4.39 Å². The quantitative estimate of drug-likeness (QED) is 0.212. The van der Waals surface area contributed by atoms with E-state index in [-0.39, 0.29) is 29.5 Å². The molecule has 0 saturated carbocycles. The molecule has 2 aromatic carbocycles. The highest BCUT2D eigenvalue weighted by Crippen LogP contribution is 2.40. The van der Waals surface area contributed by atoms with Crippen LogP contribution in [0.25, 0.3) is 5.76 Å². The Bertz CT molecular complexity index is 1110. The van der Waals surface area contributed by atoms with Gasteiger partial charge in [-0.2, -0.15) is 0 Å². The van der Waals surface area contributed by atoms with Crippen molar-refractivity contribution in [2.45, 2.75) is 53.2 Å². The van der Waals surface area contributed by atoms with Crippen molar-refractivity contribution in [3.05, 3.63) is 70.5 Å². The van der Waals surface area contributed by atoms with Gasteiger partial charge in [0.05, 0.1) is 24.3 Å². The molecule has 0 aromatic heterocycles. The summed E-state index contributed by atoms with van der Waals surface area (Å²) in [6, 6.07) is 10.0. The van der Waals surface area contributed by atoms with Gasteiger partial charge in [-0.05, 0) is 62.9 Å². The molecule has 35 heavy (non-hydrogen) atoms. The fourth-order valence-corrected chi connectivity index (χ4v) is 4.06. The molecule has 1 N–H and O–H groups in total. The van der Waals surface area contributed by atoms with E-state index in [4.69, 9.17) is 9.47 Å². The first-order chi connectivity index (χ1) is 16.6. The number of ether oxygens (including phenoxy) is 2. The van der Waals surface area contributed by atoms with Crippen molar-refractivity contribution in [1.29, 1.82) is 0 Å². The number of hydrogen-bond donors (Lipinski definition) is 1. The Hall–Kier alpha value is -3.19. The molecule has 3 rings (SSSR count). The largest absolute Gasteiger partial charge is 0.507 e. The monoisotopic (exact) mass is 483 g/mol. The number of rotatable bonds is 10. The number of aryl methyl sites for hydroxylation is 1. The van der Waals surface area contributed by atoms with E-state index < -0.39 is 23.5 Å². The Balaban J connectivity index is 2.02. The van der Waals surface area contributed by atoms with Crippen LogP contribution in [0.1, 0.15) is 56.8 Å². The van der Waals surface area contributed by atoms with Crippen molar-refractivity contribution in [3.63, 3.8) is 0 Å². The summed E-state index contributed by atoms with van der Waals surface area (Å²) in [4.78, 5) is 27.4. The highest BCUT2D eigenvalue weighted by Gasteiger charge is 2.46. The molecule has 7 heteroatoms. The Labute approximate surface area is 206 Å². The van der Waals surface area contributed by atoms with Crippen LogP contribution in [0.2, 0.25) is 0 Å². The lowest BCUT2D eigenvalue weighted by Crippen LogP contribution is -2.31. The molecule has 1 aliphatic rings. The van der Waals surface area contributed by atoms with Crippen LogP contribution in [0, 0.1) is 18.7 Å². The van der Waals surface area contributed by atoms with Crippen molar-refractivity contribution in [2.24, 2.45) is 5.92 Å². The van der Waals surface area contributed by atoms with Crippen molar-refractivity contribution >= 4 is 17.4 Å². The summed E-state index contributed by atoms with van der Waals surface area (Å²) < 4.78 is 26.2. The number of carbonyl (C=O) groups is 2. The lowest BCUT2D eigenvalue weighted by molar-refractivity contribution is -0.140. The number of benzene rings is 2. The number of halogens is 1. The minimum Gasteiger partial charge on any atom is -0.507 e. The molecular formula is C28H34FNO5. The van der Waals surface area contributed by atoms with Gasteiger partial charge in [-0.25, -0.2) is 4.39 Å². The van der Waals surface area contributed by atoms with E-state index in [1.54, 1.807) is 30.3 Å². The highest BCUT2D eigenvalue weighted by molar-refractivity contribution is 6.46. The van der Waals surface area contributed by atoms with Crippen LogP contribution in [0.15, 0.2) is 48.0 Å². The van der Waals surface area contributed by atoms with Crippen molar-refractivity contribution in [2.75, 3.05) is 19.8 Å². The summed E-state index contributed by atoms with van der Waals surface area (Å²) in [6.07, 6.45) is 0.500. The van der Waals surface area contributed by atoms with Gasteiger partial charge in [-0.15, -0.1) is 0 Å². The lowest BCUT2D eigenvalue weighted by atomic mass is 9.94. The summed E-state index contributed by atoms with van der Waals surface area (Å²) >= 11 is 0. The van der Waals surface area contributed by atoms with Crippen molar-refractivity contribution in [3.8, 4) is 5.75 Å². The second-order valence-electron chi connectivity index (χ2n) is 9.47. The van der Waals surface area contributed by atoms with Gasteiger partial charge in [0.25, 0.3) is 11.7 Å². The van der Waals surface area contributed by atoms with Crippen LogP contribution < -0.4 is 4.74 Å². The molecule has 1 aliphatic heterocycles. The van der Waals surface area contributed by atoms with E-state index in [9.17, 15) is 19.1 Å². The van der Waals surface area contributed by atoms with Gasteiger partial charge in [-0.3, -0.25) is 9.59 Å². The van der Waals surface area contributed by atoms with Crippen LogP contribution >= 0.6 is 0 Å². The molecule has 1 heterocycles. The standard InChI is InChI=1S/C28H34FNO5/c1-17(2)16-35-23-12-11-20(15-19(23)5)26(31)24-25(21-9-6-7-10-22(21)29)30(28(33)27(24)32)13-8-14-34-18(3)4/h6-7,9-12,15,17-18,25,31H,8,13-14,16H2,1-5H3/b26-24+. The van der Waals surface area contributed by atoms with E-state index >= 15 is 0 Å². The Morgan fingerprint density at radius 3 is 2.46 bits per heavy atom. The minimum absolute atomic E-state index is 0.0310. The molecule has 1 unspecified atom stereocenters. The maximum absolute atomic E-state index is 14.9. The first-order valence-electron chi connectivity index (χ1n) is 12.0. The van der Waals surface area contributed by atoms with E-state index in [0.717, 1.165) is 5.56 Å². The maximum Gasteiger partial charge on any atom is 0.295 e. The topological polar surface area (TPSA) is 76.1 Å². The number of Topliss-reactive ketones (excluding diaryl/α,β-unsaturated/α-hetero) is 1. The number of aliphatic hydroxyl groups excluding tert-OH is 1. The van der Waals surface area contributed by atoms with Gasteiger partial charge in [0, 0.05) is 24.3 Å². The van der Waals surface area contributed by atoms with E-state index in [1.165, 1.54) is 17.0 Å². The summed E-state index contributed by atoms with van der Waals surface area (Å²) in [7, 11) is 0. The molecule has 0 aliphatic carbocycles. The molecule has 6 nitrogen and oxygen atoms in total. The van der Waals surface area contributed by atoms with E-state index in [1.807, 2.05) is 34.6 Å². The third kappa shape index (κ3) is 6.09. The molecule has 0 bridgehead atoms. The SMILES string of the molecule is Cc1cc(/C(O)=C2\C(=O)C(=O)N(CCCOC(C)C)C2c2ccccc2F)ccc1OCC(C)C. The van der Waals surface area contributed by atoms with Crippen LogP contribution in [-0.4, -0.2) is 47.6 Å². The second kappa shape index (κ2) is 11.5. The number of amides is 1. The number of carbonyl (C=O) groups excluding carboxylic acids is 2. The number of aliphatic hydroxyl groups is 1. The fraction of sp³-hybridized carbons (Fsp3) is 0.429. The number of nitrogens with zero attached hydrogens (tertiary/aromatic N) is 1. The van der Waals surface area contributed by atoms with Gasteiger partial charge in [0.2, 0.25) is 0 Å². The molecule has 2 aromatic rings. The van der Waals surface area contributed by atoms with Gasteiger partial charge >= 0.3 is 0 Å². The highest BCUT2D eigenvalue weighted by atomic mass is 19.1. The molecule has 1 saturated heterocycles. The first-order valence-corrected chi connectivity index (χ1v) is 12.0. The molecule has 0 radical (unpaired) electrons. The molecular weight excluding hydrogens is 449 g/mol. The summed E-state index contributed by atoms with van der Waals surface area (Å²) in [5, 5.41) is 11.2. The minimum atomic E-state index is -1.03. The second-order valence-corrected chi connectivity index (χ2v) is 9.47. The summed E-state index contributed by atoms with van der Waals surface area (Å²) in [5.74, 6) is -1.47. The van der Waals surface area contributed by atoms with Crippen molar-refractivity contribution in [1.82, 2.24) is 4.90 Å². The van der Waals surface area contributed by atoms with Gasteiger partial charge in [-0.1, -0.05) is 32.0 Å². The van der Waals surface area contributed by atoms with Crippen LogP contribution in [-0.2, 0) is 14.3 Å². The van der Waals surface area contributed by atoms with E-state index in [0.29, 0.717) is 36.9 Å². The summed E-state index contributed by atoms with van der Waals surface area (Å²) in [5.41, 5.74) is 1.17. The zero-order chi connectivity index (χ0) is 25.7. The Morgan fingerprint density at radius 2 is 1.83 bits per heavy atom. The van der Waals surface area contributed by atoms with E-state index in [2.05, 4.69) is 0 Å². The lowest BCUT2D eigenvalue weighted by Gasteiger charge is -2.26.